The summed E-state index contributed by atoms with van der Waals surface area (Å²) in [4.78, 5) is 35.5. The number of carbonyl (C=O) groups is 2. The Morgan fingerprint density at radius 2 is 1.93 bits per heavy atom. The van der Waals surface area contributed by atoms with Crippen molar-refractivity contribution in [3.8, 4) is 11.5 Å². The number of benzene rings is 1. The molecule has 3 rings (SSSR count). The highest BCUT2D eigenvalue weighted by atomic mass is 16.3. The van der Waals surface area contributed by atoms with Gasteiger partial charge in [-0.1, -0.05) is 12.1 Å². The van der Waals surface area contributed by atoms with Crippen LogP contribution < -0.4 is 16.6 Å². The summed E-state index contributed by atoms with van der Waals surface area (Å²) in [5, 5.41) is 6.91. The third-order valence-electron chi connectivity index (χ3n) is 3.88. The Labute approximate surface area is 154 Å². The monoisotopic (exact) mass is 366 g/mol. The van der Waals surface area contributed by atoms with Crippen LogP contribution in [0.2, 0.25) is 0 Å². The minimum atomic E-state index is -0.614. The molecule has 1 aromatic carbocycles. The third-order valence-corrected chi connectivity index (χ3v) is 3.88. The summed E-state index contributed by atoms with van der Waals surface area (Å²) in [6.07, 6.45) is 2.09. The summed E-state index contributed by atoms with van der Waals surface area (Å²) in [6, 6.07) is 13.0. The maximum Gasteiger partial charge on any atom is 0.266 e. The minimum Gasteiger partial charge on any atom is -0.463 e. The molecule has 0 spiro atoms. The molecular weight excluding hydrogens is 348 g/mol. The second-order valence-electron chi connectivity index (χ2n) is 5.82. The van der Waals surface area contributed by atoms with E-state index in [0.717, 1.165) is 0 Å². The van der Waals surface area contributed by atoms with Gasteiger partial charge in [0.1, 0.15) is 5.69 Å². The van der Waals surface area contributed by atoms with Crippen LogP contribution in [-0.4, -0.2) is 21.6 Å². The lowest BCUT2D eigenvalue weighted by Crippen LogP contribution is -2.23. The van der Waals surface area contributed by atoms with Crippen molar-refractivity contribution < 1.29 is 14.0 Å². The fourth-order valence-corrected chi connectivity index (χ4v) is 2.57. The number of anilines is 1. The van der Waals surface area contributed by atoms with E-state index in [-0.39, 0.29) is 30.0 Å². The van der Waals surface area contributed by atoms with Crippen LogP contribution in [0.3, 0.4) is 0 Å². The first kappa shape index (κ1) is 18.1. The average Bonchev–Trinajstić information content (AvgIpc) is 3.18. The molecule has 2 aromatic heterocycles. The van der Waals surface area contributed by atoms with Crippen LogP contribution in [0.25, 0.3) is 11.5 Å². The van der Waals surface area contributed by atoms with Gasteiger partial charge in [-0.3, -0.25) is 14.4 Å². The highest BCUT2D eigenvalue weighted by molar-refractivity contribution is 6.02. The summed E-state index contributed by atoms with van der Waals surface area (Å²) in [5.74, 6) is -0.333. The van der Waals surface area contributed by atoms with E-state index in [0.29, 0.717) is 23.6 Å². The number of rotatable bonds is 7. The highest BCUT2D eigenvalue weighted by Gasteiger charge is 2.11. The Morgan fingerprint density at radius 3 is 2.67 bits per heavy atom. The lowest BCUT2D eigenvalue weighted by atomic mass is 10.1. The molecule has 0 bridgehead atoms. The predicted molar refractivity (Wildman–Crippen MR) is 99.0 cm³/mol. The zero-order chi connectivity index (χ0) is 19.2. The van der Waals surface area contributed by atoms with Crippen molar-refractivity contribution in [2.24, 2.45) is 5.73 Å². The molecule has 0 saturated carbocycles. The zero-order valence-corrected chi connectivity index (χ0v) is 14.4. The molecule has 0 aliphatic rings. The van der Waals surface area contributed by atoms with E-state index in [4.69, 9.17) is 10.2 Å². The molecule has 138 valence electrons. The number of carbonyl (C=O) groups excluding carboxylic acids is 2. The van der Waals surface area contributed by atoms with Crippen molar-refractivity contribution >= 4 is 17.5 Å². The van der Waals surface area contributed by atoms with E-state index in [9.17, 15) is 14.4 Å². The van der Waals surface area contributed by atoms with Gasteiger partial charge in [0.05, 0.1) is 17.5 Å². The summed E-state index contributed by atoms with van der Waals surface area (Å²) in [5.41, 5.74) is 6.19. The molecule has 0 atom stereocenters. The number of hydrogen-bond donors (Lipinski definition) is 2. The van der Waals surface area contributed by atoms with Crippen LogP contribution in [0.5, 0.6) is 0 Å². The molecule has 0 saturated heterocycles. The smallest absolute Gasteiger partial charge is 0.266 e. The number of para-hydroxylation sites is 1. The number of amides is 2. The molecule has 3 aromatic rings. The topological polar surface area (TPSA) is 120 Å². The van der Waals surface area contributed by atoms with Crippen molar-refractivity contribution in [1.29, 1.82) is 0 Å². The van der Waals surface area contributed by atoms with Crippen LogP contribution in [0.1, 0.15) is 23.2 Å². The molecule has 2 heterocycles. The molecule has 3 N–H and O–H groups in total. The summed E-state index contributed by atoms with van der Waals surface area (Å²) < 4.78 is 6.57. The molecular formula is C19H18N4O4. The van der Waals surface area contributed by atoms with Crippen LogP contribution >= 0.6 is 0 Å². The lowest BCUT2D eigenvalue weighted by molar-refractivity contribution is -0.116. The lowest BCUT2D eigenvalue weighted by Gasteiger charge is -2.09. The molecule has 8 nitrogen and oxygen atoms in total. The van der Waals surface area contributed by atoms with E-state index in [1.54, 1.807) is 42.5 Å². The van der Waals surface area contributed by atoms with E-state index in [1.807, 2.05) is 0 Å². The predicted octanol–water partition coefficient (Wildman–Crippen LogP) is 2.02. The number of aromatic nitrogens is 2. The Balaban J connectivity index is 1.60. The Morgan fingerprint density at radius 1 is 1.11 bits per heavy atom. The first-order valence-electron chi connectivity index (χ1n) is 8.35. The normalized spacial score (nSPS) is 10.5. The zero-order valence-electron chi connectivity index (χ0n) is 14.4. The summed E-state index contributed by atoms with van der Waals surface area (Å²) >= 11 is 0. The van der Waals surface area contributed by atoms with Gasteiger partial charge in [0, 0.05) is 19.0 Å². The minimum absolute atomic E-state index is 0.159. The second-order valence-corrected chi connectivity index (χ2v) is 5.82. The maximum absolute atomic E-state index is 12.1. The van der Waals surface area contributed by atoms with Crippen molar-refractivity contribution in [3.05, 3.63) is 70.7 Å². The van der Waals surface area contributed by atoms with Gasteiger partial charge in [-0.15, -0.1) is 0 Å². The van der Waals surface area contributed by atoms with Gasteiger partial charge in [-0.2, -0.15) is 5.10 Å². The van der Waals surface area contributed by atoms with Crippen LogP contribution in [-0.2, 0) is 11.3 Å². The molecule has 8 heteroatoms. The molecule has 0 aliphatic carbocycles. The van der Waals surface area contributed by atoms with Gasteiger partial charge < -0.3 is 15.5 Å². The fraction of sp³-hybridized carbons (Fsp3) is 0.158. The van der Waals surface area contributed by atoms with E-state index < -0.39 is 5.91 Å². The van der Waals surface area contributed by atoms with Crippen molar-refractivity contribution in [1.82, 2.24) is 9.78 Å². The number of nitrogens with zero attached hydrogens (tertiary/aromatic N) is 2. The SMILES string of the molecule is NC(=O)c1ccccc1NC(=O)CCCn1nc(-c2ccco2)ccc1=O. The van der Waals surface area contributed by atoms with Gasteiger partial charge in [0.25, 0.3) is 11.5 Å². The Hall–Kier alpha value is -3.68. The van der Waals surface area contributed by atoms with Crippen LogP contribution in [0.15, 0.2) is 64.0 Å². The first-order chi connectivity index (χ1) is 13.0. The van der Waals surface area contributed by atoms with Crippen molar-refractivity contribution in [3.63, 3.8) is 0 Å². The van der Waals surface area contributed by atoms with Gasteiger partial charge in [-0.05, 0) is 36.8 Å². The largest absolute Gasteiger partial charge is 0.463 e. The fourth-order valence-electron chi connectivity index (χ4n) is 2.57. The van der Waals surface area contributed by atoms with Gasteiger partial charge in [0.15, 0.2) is 5.76 Å². The third kappa shape index (κ3) is 4.49. The van der Waals surface area contributed by atoms with Gasteiger partial charge in [0.2, 0.25) is 5.91 Å². The number of nitrogens with one attached hydrogen (secondary N) is 1. The molecule has 0 aliphatic heterocycles. The number of hydrogen-bond acceptors (Lipinski definition) is 5. The van der Waals surface area contributed by atoms with E-state index in [2.05, 4.69) is 10.4 Å². The first-order valence-corrected chi connectivity index (χ1v) is 8.35. The summed E-state index contributed by atoms with van der Waals surface area (Å²) in [6.45, 7) is 0.276. The number of furan rings is 1. The van der Waals surface area contributed by atoms with E-state index in [1.165, 1.54) is 17.0 Å². The van der Waals surface area contributed by atoms with Gasteiger partial charge in [-0.25, -0.2) is 4.68 Å². The quantitative estimate of drug-likeness (QED) is 0.663. The number of primary amides is 1. The van der Waals surface area contributed by atoms with Gasteiger partial charge >= 0.3 is 0 Å². The summed E-state index contributed by atoms with van der Waals surface area (Å²) in [7, 11) is 0. The molecule has 27 heavy (non-hydrogen) atoms. The average molecular weight is 366 g/mol. The van der Waals surface area contributed by atoms with Crippen molar-refractivity contribution in [2.45, 2.75) is 19.4 Å². The van der Waals surface area contributed by atoms with Crippen LogP contribution in [0.4, 0.5) is 5.69 Å². The maximum atomic E-state index is 12.1. The molecule has 0 fully saturated rings. The second kappa shape index (κ2) is 8.13. The Kier molecular flexibility index (Phi) is 5.46. The Bertz CT molecular complexity index is 1010. The molecule has 2 amide bonds. The number of aryl methyl sites for hydroxylation is 1. The molecule has 0 radical (unpaired) electrons. The number of nitrogens with two attached hydrogens (primary N) is 1. The van der Waals surface area contributed by atoms with Crippen molar-refractivity contribution in [2.75, 3.05) is 5.32 Å². The van der Waals surface area contributed by atoms with Crippen LogP contribution in [0, 0.1) is 0 Å². The molecule has 0 unspecified atom stereocenters. The highest BCUT2D eigenvalue weighted by Crippen LogP contribution is 2.16. The van der Waals surface area contributed by atoms with E-state index >= 15 is 0 Å². The standard InChI is InChI=1S/C19H18N4O4/c20-19(26)13-5-1-2-6-14(13)21-17(24)8-3-11-23-18(25)10-9-15(22-23)16-7-4-12-27-16/h1-2,4-7,9-10,12H,3,8,11H2,(H2,20,26)(H,21,24).